The van der Waals surface area contributed by atoms with Gasteiger partial charge in [-0.3, -0.25) is 30.3 Å². The van der Waals surface area contributed by atoms with Crippen LogP contribution in [0.1, 0.15) is 0 Å². The van der Waals surface area contributed by atoms with Gasteiger partial charge in [0.25, 0.3) is 17.1 Å². The molecular formula is C22H20N4O12S3. The largest absolute Gasteiger partial charge is 0.269 e. The number of nitro benzene ring substituents is 3. The normalized spacial score (nSPS) is 12.2. The van der Waals surface area contributed by atoms with E-state index in [1.807, 2.05) is 0 Å². The Hall–Kier alpha value is -4.33. The van der Waals surface area contributed by atoms with Crippen LogP contribution in [0.4, 0.5) is 17.1 Å². The molecule has 0 amide bonds. The van der Waals surface area contributed by atoms with Gasteiger partial charge in [0.1, 0.15) is 0 Å². The van der Waals surface area contributed by atoms with Crippen molar-refractivity contribution in [3.05, 3.63) is 103 Å². The van der Waals surface area contributed by atoms with Crippen molar-refractivity contribution in [2.45, 2.75) is 14.7 Å². The lowest BCUT2D eigenvalue weighted by molar-refractivity contribution is -0.385. The molecule has 0 aliphatic rings. The van der Waals surface area contributed by atoms with Gasteiger partial charge in [0.05, 0.1) is 41.0 Å². The molecule has 0 saturated carbocycles. The number of rotatable bonds is 13. The van der Waals surface area contributed by atoms with Crippen LogP contribution in [-0.4, -0.2) is 68.9 Å². The van der Waals surface area contributed by atoms with E-state index in [4.69, 9.17) is 0 Å². The Morgan fingerprint density at radius 1 is 0.488 bits per heavy atom. The molecule has 0 aliphatic heterocycles. The number of sulfone groups is 2. The Kier molecular flexibility index (Phi) is 9.16. The SMILES string of the molecule is O=[N+]([O-])c1ccc(S(=O)(=O)CCN(CCS(=O)(=O)c2ccc([N+](=O)[O-])cc2)S(=O)(=O)c2ccc([N+](=O)[O-])cc2)cc1. The standard InChI is InChI=1S/C22H20N4O12S3/c27-24(28)17-1-7-20(8-2-17)39(33,34)15-13-23(41(37,38)22-11-5-19(6-12-22)26(31)32)14-16-40(35,36)21-9-3-18(4-10-21)25(29)30/h1-12H,13-16H2. The Bertz CT molecular complexity index is 1700. The molecule has 0 heterocycles. The molecule has 3 rings (SSSR count). The van der Waals surface area contributed by atoms with Crippen LogP contribution in [0.15, 0.2) is 87.5 Å². The smallest absolute Gasteiger partial charge is 0.258 e. The molecule has 0 N–H and O–H groups in total. The van der Waals surface area contributed by atoms with Crippen LogP contribution in [0.3, 0.4) is 0 Å². The number of benzene rings is 3. The van der Waals surface area contributed by atoms with Crippen LogP contribution in [-0.2, 0) is 29.7 Å². The minimum absolute atomic E-state index is 0.339. The lowest BCUT2D eigenvalue weighted by Gasteiger charge is -2.22. The zero-order chi connectivity index (χ0) is 30.6. The number of nitrogens with zero attached hydrogens (tertiary/aromatic N) is 4. The van der Waals surface area contributed by atoms with Gasteiger partial charge in [0.2, 0.25) is 10.0 Å². The van der Waals surface area contributed by atoms with Gasteiger partial charge in [0, 0.05) is 49.5 Å². The second-order valence-corrected chi connectivity index (χ2v) is 14.5. The summed E-state index contributed by atoms with van der Waals surface area (Å²) in [5, 5.41) is 32.6. The van der Waals surface area contributed by atoms with E-state index in [0.29, 0.717) is 4.31 Å². The zero-order valence-electron chi connectivity index (χ0n) is 20.7. The maximum Gasteiger partial charge on any atom is 0.269 e. The summed E-state index contributed by atoms with van der Waals surface area (Å²) >= 11 is 0. The van der Waals surface area contributed by atoms with Gasteiger partial charge >= 0.3 is 0 Å². The maximum atomic E-state index is 13.4. The quantitative estimate of drug-likeness (QED) is 0.196. The molecule has 0 aliphatic carbocycles. The van der Waals surface area contributed by atoms with Gasteiger partial charge in [-0.15, -0.1) is 0 Å². The summed E-state index contributed by atoms with van der Waals surface area (Å²) in [4.78, 5) is 29.3. The van der Waals surface area contributed by atoms with Crippen molar-refractivity contribution in [3.63, 3.8) is 0 Å². The third-order valence-electron chi connectivity index (χ3n) is 5.72. The lowest BCUT2D eigenvalue weighted by atomic mass is 10.3. The van der Waals surface area contributed by atoms with Crippen LogP contribution in [0.25, 0.3) is 0 Å². The molecule has 0 aromatic heterocycles. The molecule has 41 heavy (non-hydrogen) atoms. The van der Waals surface area contributed by atoms with Gasteiger partial charge < -0.3 is 0 Å². The van der Waals surface area contributed by atoms with Gasteiger partial charge in [-0.05, 0) is 36.4 Å². The second kappa shape index (κ2) is 12.0. The molecule has 0 atom stereocenters. The molecule has 0 spiro atoms. The van der Waals surface area contributed by atoms with Crippen LogP contribution in [0, 0.1) is 30.3 Å². The molecule has 0 unspecified atom stereocenters. The summed E-state index contributed by atoms with van der Waals surface area (Å²) in [7, 11) is -13.0. The summed E-state index contributed by atoms with van der Waals surface area (Å²) in [6.07, 6.45) is 0. The number of hydrogen-bond donors (Lipinski definition) is 0. The fourth-order valence-corrected chi connectivity index (χ4v) is 7.64. The Morgan fingerprint density at radius 2 is 0.756 bits per heavy atom. The van der Waals surface area contributed by atoms with Gasteiger partial charge in [-0.2, -0.15) is 4.31 Å². The minimum Gasteiger partial charge on any atom is -0.258 e. The summed E-state index contributed by atoms with van der Waals surface area (Å²) in [6.45, 7) is -1.48. The second-order valence-electron chi connectivity index (χ2n) is 8.29. The van der Waals surface area contributed by atoms with Crippen LogP contribution >= 0.6 is 0 Å². The van der Waals surface area contributed by atoms with Gasteiger partial charge in [-0.25, -0.2) is 25.3 Å². The highest BCUT2D eigenvalue weighted by Gasteiger charge is 2.29. The van der Waals surface area contributed by atoms with Crippen molar-refractivity contribution < 1.29 is 40.0 Å². The average molecular weight is 629 g/mol. The first-order valence-electron chi connectivity index (χ1n) is 11.2. The zero-order valence-corrected chi connectivity index (χ0v) is 23.1. The molecule has 3 aromatic rings. The predicted octanol–water partition coefficient (Wildman–Crippen LogP) is 2.35. The fraction of sp³-hybridized carbons (Fsp3) is 0.182. The van der Waals surface area contributed by atoms with Gasteiger partial charge in [0.15, 0.2) is 19.7 Å². The minimum atomic E-state index is -4.59. The Labute approximate surface area is 233 Å². The molecule has 0 fully saturated rings. The summed E-state index contributed by atoms with van der Waals surface area (Å²) in [5.41, 5.74) is -1.16. The van der Waals surface area contributed by atoms with E-state index >= 15 is 0 Å². The fourth-order valence-electron chi connectivity index (χ4n) is 3.47. The van der Waals surface area contributed by atoms with E-state index < -0.39 is 79.6 Å². The first-order chi connectivity index (χ1) is 19.0. The number of hydrogen-bond acceptors (Lipinski definition) is 12. The summed E-state index contributed by atoms with van der Waals surface area (Å²) in [5.74, 6) is -1.68. The first kappa shape index (κ1) is 31.2. The van der Waals surface area contributed by atoms with Crippen molar-refractivity contribution in [2.75, 3.05) is 24.6 Å². The van der Waals surface area contributed by atoms with Crippen molar-refractivity contribution in [1.29, 1.82) is 0 Å². The van der Waals surface area contributed by atoms with E-state index in [1.54, 1.807) is 0 Å². The van der Waals surface area contributed by atoms with E-state index in [2.05, 4.69) is 0 Å². The van der Waals surface area contributed by atoms with Crippen molar-refractivity contribution in [1.82, 2.24) is 4.31 Å². The van der Waals surface area contributed by atoms with Crippen molar-refractivity contribution >= 4 is 46.8 Å². The molecule has 0 radical (unpaired) electrons. The number of nitro groups is 3. The van der Waals surface area contributed by atoms with E-state index in [9.17, 15) is 55.6 Å². The topological polar surface area (TPSA) is 235 Å². The maximum absolute atomic E-state index is 13.4. The van der Waals surface area contributed by atoms with E-state index in [0.717, 1.165) is 72.8 Å². The van der Waals surface area contributed by atoms with E-state index in [-0.39, 0.29) is 21.2 Å². The highest BCUT2D eigenvalue weighted by Crippen LogP contribution is 2.23. The molecule has 218 valence electrons. The van der Waals surface area contributed by atoms with Crippen LogP contribution < -0.4 is 0 Å². The number of non-ortho nitro benzene ring substituents is 3. The van der Waals surface area contributed by atoms with E-state index in [1.165, 1.54) is 0 Å². The number of sulfonamides is 1. The molecular weight excluding hydrogens is 608 g/mol. The molecule has 0 bridgehead atoms. The van der Waals surface area contributed by atoms with Crippen molar-refractivity contribution in [3.8, 4) is 0 Å². The highest BCUT2D eigenvalue weighted by atomic mass is 32.2. The third-order valence-corrected chi connectivity index (χ3v) is 11.1. The summed E-state index contributed by atoms with van der Waals surface area (Å²) < 4.78 is 78.8. The van der Waals surface area contributed by atoms with Crippen LogP contribution in [0.5, 0.6) is 0 Å². The predicted molar refractivity (Wildman–Crippen MR) is 142 cm³/mol. The summed E-state index contributed by atoms with van der Waals surface area (Å²) in [6, 6.07) is 11.4. The third kappa shape index (κ3) is 7.45. The highest BCUT2D eigenvalue weighted by molar-refractivity contribution is 7.92. The Morgan fingerprint density at radius 3 is 1.02 bits per heavy atom. The molecule has 3 aromatic carbocycles. The van der Waals surface area contributed by atoms with Crippen LogP contribution in [0.2, 0.25) is 0 Å². The van der Waals surface area contributed by atoms with Crippen molar-refractivity contribution in [2.24, 2.45) is 0 Å². The Balaban J connectivity index is 1.91. The lowest BCUT2D eigenvalue weighted by Crippen LogP contribution is -2.38. The van der Waals surface area contributed by atoms with Gasteiger partial charge in [-0.1, -0.05) is 0 Å². The molecule has 16 nitrogen and oxygen atoms in total. The first-order valence-corrected chi connectivity index (χ1v) is 16.0. The molecule has 19 heteroatoms. The monoisotopic (exact) mass is 628 g/mol. The molecule has 0 saturated heterocycles. The average Bonchev–Trinajstić information content (AvgIpc) is 2.92.